The minimum Gasteiger partial charge on any atom is -0.335 e. The van der Waals surface area contributed by atoms with Crippen LogP contribution in [0.1, 0.15) is 48.5 Å². The quantitative estimate of drug-likeness (QED) is 0.848. The van der Waals surface area contributed by atoms with Crippen LogP contribution in [0.25, 0.3) is 12.2 Å². The van der Waals surface area contributed by atoms with Crippen LogP contribution in [-0.4, -0.2) is 10.1 Å². The second kappa shape index (κ2) is 6.94. The van der Waals surface area contributed by atoms with Gasteiger partial charge in [-0.05, 0) is 43.0 Å². The summed E-state index contributed by atoms with van der Waals surface area (Å²) in [6, 6.07) is 6.19. The van der Waals surface area contributed by atoms with Crippen LogP contribution in [-0.2, 0) is 5.54 Å². The predicted octanol–water partition coefficient (Wildman–Crippen LogP) is 4.46. The first-order chi connectivity index (χ1) is 10.1. The van der Waals surface area contributed by atoms with Crippen molar-refractivity contribution >= 4 is 40.5 Å². The van der Waals surface area contributed by atoms with E-state index in [1.807, 2.05) is 12.2 Å². The summed E-state index contributed by atoms with van der Waals surface area (Å²) in [7, 11) is 0. The number of aromatic nitrogens is 2. The lowest BCUT2D eigenvalue weighted by atomic mass is 9.99. The predicted molar refractivity (Wildman–Crippen MR) is 93.7 cm³/mol. The van der Waals surface area contributed by atoms with E-state index in [2.05, 4.69) is 51.2 Å². The van der Waals surface area contributed by atoms with Crippen molar-refractivity contribution in [1.82, 2.24) is 10.1 Å². The Morgan fingerprint density at radius 2 is 2.00 bits per heavy atom. The van der Waals surface area contributed by atoms with Gasteiger partial charge in [0, 0.05) is 10.5 Å². The molecule has 1 saturated carbocycles. The molecule has 1 aromatic carbocycles. The highest BCUT2D eigenvalue weighted by Crippen LogP contribution is 2.34. The van der Waals surface area contributed by atoms with Crippen molar-refractivity contribution in [3.63, 3.8) is 0 Å². The first kappa shape index (κ1) is 17.2. The molecule has 2 aromatic rings. The van der Waals surface area contributed by atoms with Gasteiger partial charge in [-0.3, -0.25) is 0 Å². The van der Waals surface area contributed by atoms with Crippen LogP contribution in [0, 0.1) is 6.92 Å². The van der Waals surface area contributed by atoms with Crippen molar-refractivity contribution in [1.29, 1.82) is 0 Å². The summed E-state index contributed by atoms with van der Waals surface area (Å²) in [6.45, 7) is 2.06. The van der Waals surface area contributed by atoms with Gasteiger partial charge in [0.05, 0.1) is 5.54 Å². The number of hydrogen-bond donors (Lipinski definition) is 1. The standard InChI is InChI=1S/C16H18BrN3O.ClH/c1-11-4-5-12(13(17)10-11)6-7-14-19-15(20-21-14)16(18)8-2-3-9-16;/h4-7,10H,2-3,8-9,18H2,1H3;1H/b7-6+;. The molecule has 1 fully saturated rings. The van der Waals surface area contributed by atoms with Gasteiger partial charge in [0.25, 0.3) is 5.89 Å². The molecule has 0 bridgehead atoms. The fourth-order valence-electron chi connectivity index (χ4n) is 2.66. The molecule has 2 N–H and O–H groups in total. The summed E-state index contributed by atoms with van der Waals surface area (Å²) in [5, 5.41) is 4.04. The highest BCUT2D eigenvalue weighted by atomic mass is 79.9. The Bertz CT molecular complexity index is 678. The topological polar surface area (TPSA) is 64.9 Å². The molecule has 0 amide bonds. The lowest BCUT2D eigenvalue weighted by Crippen LogP contribution is -2.34. The average Bonchev–Trinajstić information content (AvgIpc) is 3.08. The van der Waals surface area contributed by atoms with Crippen molar-refractivity contribution in [3.8, 4) is 0 Å². The average molecular weight is 385 g/mol. The number of rotatable bonds is 3. The molecule has 0 aliphatic heterocycles. The Kier molecular flexibility index (Phi) is 5.42. The summed E-state index contributed by atoms with van der Waals surface area (Å²) >= 11 is 3.55. The smallest absolute Gasteiger partial charge is 0.250 e. The summed E-state index contributed by atoms with van der Waals surface area (Å²) < 4.78 is 6.33. The van der Waals surface area contributed by atoms with Gasteiger partial charge in [-0.2, -0.15) is 4.98 Å². The summed E-state index contributed by atoms with van der Waals surface area (Å²) in [4.78, 5) is 4.42. The fraction of sp³-hybridized carbons (Fsp3) is 0.375. The zero-order valence-electron chi connectivity index (χ0n) is 12.4. The van der Waals surface area contributed by atoms with E-state index in [9.17, 15) is 0 Å². The third-order valence-electron chi connectivity index (χ3n) is 3.94. The molecule has 1 heterocycles. The molecule has 1 aliphatic rings. The highest BCUT2D eigenvalue weighted by molar-refractivity contribution is 9.10. The molecule has 1 aliphatic carbocycles. The van der Waals surface area contributed by atoms with Gasteiger partial charge < -0.3 is 10.3 Å². The third kappa shape index (κ3) is 3.59. The number of benzene rings is 1. The molecular formula is C16H19BrClN3O. The van der Waals surface area contributed by atoms with Gasteiger partial charge in [0.2, 0.25) is 0 Å². The molecular weight excluding hydrogens is 366 g/mol. The first-order valence-electron chi connectivity index (χ1n) is 7.14. The van der Waals surface area contributed by atoms with Gasteiger partial charge in [-0.15, -0.1) is 12.4 Å². The second-order valence-corrected chi connectivity index (χ2v) is 6.53. The van der Waals surface area contributed by atoms with Gasteiger partial charge in [-0.1, -0.05) is 46.1 Å². The van der Waals surface area contributed by atoms with E-state index in [1.165, 1.54) is 5.56 Å². The zero-order valence-corrected chi connectivity index (χ0v) is 14.8. The molecule has 1 aromatic heterocycles. The number of hydrogen-bond acceptors (Lipinski definition) is 4. The van der Waals surface area contributed by atoms with E-state index in [0.29, 0.717) is 11.7 Å². The lowest BCUT2D eigenvalue weighted by Gasteiger charge is -2.17. The Hall–Kier alpha value is -1.17. The molecule has 0 saturated heterocycles. The summed E-state index contributed by atoms with van der Waals surface area (Å²) in [5.74, 6) is 1.12. The Balaban J connectivity index is 0.00000176. The van der Waals surface area contributed by atoms with Crippen LogP contribution in [0.5, 0.6) is 0 Å². The largest absolute Gasteiger partial charge is 0.335 e. The van der Waals surface area contributed by atoms with Crippen molar-refractivity contribution in [2.75, 3.05) is 0 Å². The zero-order chi connectivity index (χ0) is 14.9. The van der Waals surface area contributed by atoms with Crippen molar-refractivity contribution < 1.29 is 4.52 Å². The van der Waals surface area contributed by atoms with Crippen molar-refractivity contribution in [2.24, 2.45) is 5.73 Å². The van der Waals surface area contributed by atoms with Gasteiger partial charge in [-0.25, -0.2) is 0 Å². The van der Waals surface area contributed by atoms with Gasteiger partial charge >= 0.3 is 0 Å². The molecule has 6 heteroatoms. The van der Waals surface area contributed by atoms with E-state index in [4.69, 9.17) is 10.3 Å². The highest BCUT2D eigenvalue weighted by Gasteiger charge is 2.35. The Labute approximate surface area is 144 Å². The van der Waals surface area contributed by atoms with Crippen LogP contribution >= 0.6 is 28.3 Å². The van der Waals surface area contributed by atoms with Gasteiger partial charge in [0.1, 0.15) is 0 Å². The normalized spacial score (nSPS) is 16.9. The Morgan fingerprint density at radius 1 is 1.27 bits per heavy atom. The molecule has 0 spiro atoms. The lowest BCUT2D eigenvalue weighted by molar-refractivity contribution is 0.364. The maximum absolute atomic E-state index is 6.33. The van der Waals surface area contributed by atoms with Crippen LogP contribution in [0.4, 0.5) is 0 Å². The fourth-order valence-corrected chi connectivity index (χ4v) is 3.29. The SMILES string of the molecule is Cc1ccc(/C=C/c2nc(C3(N)CCCC3)no2)c(Br)c1.Cl. The minimum absolute atomic E-state index is 0. The first-order valence-corrected chi connectivity index (χ1v) is 7.93. The molecule has 4 nitrogen and oxygen atoms in total. The molecule has 0 unspecified atom stereocenters. The van der Waals surface area contributed by atoms with Crippen molar-refractivity contribution in [3.05, 3.63) is 45.5 Å². The molecule has 22 heavy (non-hydrogen) atoms. The number of halogens is 2. The van der Waals surface area contributed by atoms with E-state index < -0.39 is 5.54 Å². The maximum atomic E-state index is 6.33. The molecule has 3 rings (SSSR count). The molecule has 0 atom stereocenters. The molecule has 118 valence electrons. The van der Waals surface area contributed by atoms with Crippen LogP contribution < -0.4 is 5.73 Å². The minimum atomic E-state index is -0.403. The summed E-state index contributed by atoms with van der Waals surface area (Å²) in [6.07, 6.45) is 7.90. The van der Waals surface area contributed by atoms with Crippen molar-refractivity contribution in [2.45, 2.75) is 38.1 Å². The van der Waals surface area contributed by atoms with E-state index in [-0.39, 0.29) is 12.4 Å². The maximum Gasteiger partial charge on any atom is 0.250 e. The van der Waals surface area contributed by atoms with Crippen LogP contribution in [0.15, 0.2) is 27.2 Å². The van der Waals surface area contributed by atoms with E-state index >= 15 is 0 Å². The van der Waals surface area contributed by atoms with Crippen LogP contribution in [0.2, 0.25) is 0 Å². The Morgan fingerprint density at radius 3 is 2.68 bits per heavy atom. The third-order valence-corrected chi connectivity index (χ3v) is 4.63. The van der Waals surface area contributed by atoms with Gasteiger partial charge in [0.15, 0.2) is 5.82 Å². The van der Waals surface area contributed by atoms with E-state index in [0.717, 1.165) is 35.7 Å². The second-order valence-electron chi connectivity index (χ2n) is 5.68. The summed E-state index contributed by atoms with van der Waals surface area (Å²) in [5.41, 5.74) is 8.21. The van der Waals surface area contributed by atoms with E-state index in [1.54, 1.807) is 0 Å². The van der Waals surface area contributed by atoms with Crippen LogP contribution in [0.3, 0.4) is 0 Å². The monoisotopic (exact) mass is 383 g/mol. The number of nitrogens with two attached hydrogens (primary N) is 1. The number of aryl methyl sites for hydroxylation is 1. The molecule has 0 radical (unpaired) electrons. The number of nitrogens with zero attached hydrogens (tertiary/aromatic N) is 2.